The molecule has 2 aliphatic heterocycles. The molecule has 0 aliphatic carbocycles. The minimum absolute atomic E-state index is 0.0226. The van der Waals surface area contributed by atoms with Gasteiger partial charge >= 0.3 is 18.1 Å². The smallest absolute Gasteiger partial charge is 0.488 e. The molecule has 2 heterocycles. The first kappa shape index (κ1) is 33.4. The highest BCUT2D eigenvalue weighted by atomic mass is 35.5. The van der Waals surface area contributed by atoms with Crippen LogP contribution in [0.3, 0.4) is 0 Å². The second kappa shape index (κ2) is 14.5. The summed E-state index contributed by atoms with van der Waals surface area (Å²) in [7, 11) is 0. The number of aliphatic carboxylic acids is 1. The van der Waals surface area contributed by atoms with Gasteiger partial charge in [-0.2, -0.15) is 13.2 Å². The molecule has 44 heavy (non-hydrogen) atoms. The molecule has 4 rings (SSSR count). The number of benzene rings is 2. The Balaban J connectivity index is 1.38. The summed E-state index contributed by atoms with van der Waals surface area (Å²) in [5.74, 6) is -3.55. The minimum atomic E-state index is -5.14. The van der Waals surface area contributed by atoms with Gasteiger partial charge in [-0.3, -0.25) is 4.79 Å². The quantitative estimate of drug-likeness (QED) is 0.242. The highest BCUT2D eigenvalue weighted by Gasteiger charge is 2.41. The van der Waals surface area contributed by atoms with Crippen molar-refractivity contribution in [2.75, 3.05) is 50.9 Å². The van der Waals surface area contributed by atoms with Crippen LogP contribution in [0.2, 0.25) is 10.0 Å². The van der Waals surface area contributed by atoms with E-state index in [0.717, 1.165) is 0 Å². The predicted octanol–water partition coefficient (Wildman–Crippen LogP) is 3.39. The largest absolute Gasteiger partial charge is 0.490 e. The maximum Gasteiger partial charge on any atom is 0.490 e. The van der Waals surface area contributed by atoms with Crippen molar-refractivity contribution in [3.8, 4) is 11.5 Å². The number of amides is 1. The van der Waals surface area contributed by atoms with Crippen LogP contribution in [-0.4, -0.2) is 103 Å². The Labute approximate surface area is 260 Å². The molecule has 2 aromatic rings. The molecule has 2 fully saturated rings. The number of carboxylic acids is 1. The Bertz CT molecular complexity index is 1340. The zero-order chi connectivity index (χ0) is 32.0. The number of carbonyl (C=O) groups is 3. The van der Waals surface area contributed by atoms with Gasteiger partial charge in [-0.1, -0.05) is 23.2 Å². The molecule has 0 aromatic heterocycles. The van der Waals surface area contributed by atoms with E-state index in [1.807, 2.05) is 0 Å². The third-order valence-corrected chi connectivity index (χ3v) is 7.67. The summed E-state index contributed by atoms with van der Waals surface area (Å²) in [6.07, 6.45) is -4.64. The van der Waals surface area contributed by atoms with Gasteiger partial charge in [0.15, 0.2) is 6.61 Å². The van der Waals surface area contributed by atoms with E-state index in [0.29, 0.717) is 48.7 Å². The number of alkyl halides is 3. The van der Waals surface area contributed by atoms with Crippen LogP contribution < -0.4 is 19.7 Å². The number of esters is 1. The fraction of sp³-hybridized carbons (Fsp3) is 0.464. The molecule has 1 amide bonds. The first-order valence-corrected chi connectivity index (χ1v) is 14.4. The van der Waals surface area contributed by atoms with Gasteiger partial charge in [0.1, 0.15) is 24.7 Å². The lowest BCUT2D eigenvalue weighted by Gasteiger charge is -2.34. The molecule has 0 radical (unpaired) electrons. The number of carboxylic acid groups (broad SMARTS) is 1. The molecule has 16 heteroatoms. The maximum atomic E-state index is 12.8. The van der Waals surface area contributed by atoms with Crippen LogP contribution >= 0.6 is 23.2 Å². The number of hydrogen-bond donors (Lipinski definition) is 3. The SMILES string of the molecule is O=C(O)COc1cc(Cl)c(OCCOC(=O)C(F)(F)F)cc1N1C[C@H](NC2CCN(C(=O)c3ccc(Cl)cc3)CC2)[C@@H](O)C1. The summed E-state index contributed by atoms with van der Waals surface area (Å²) in [5.41, 5.74) is 0.891. The number of anilines is 1. The second-order valence-corrected chi connectivity index (χ2v) is 11.1. The highest BCUT2D eigenvalue weighted by Crippen LogP contribution is 2.40. The van der Waals surface area contributed by atoms with Crippen molar-refractivity contribution < 1.29 is 52.0 Å². The van der Waals surface area contributed by atoms with E-state index in [1.54, 1.807) is 34.1 Å². The average molecular weight is 664 g/mol. The molecule has 240 valence electrons. The van der Waals surface area contributed by atoms with E-state index in [9.17, 15) is 32.7 Å². The number of piperidine rings is 1. The number of hydrogen-bond acceptors (Lipinski definition) is 9. The summed E-state index contributed by atoms with van der Waals surface area (Å²) in [4.78, 5) is 38.4. The van der Waals surface area contributed by atoms with Gasteiger partial charge in [0.25, 0.3) is 5.91 Å². The number of carbonyl (C=O) groups excluding carboxylic acids is 2. The number of halogens is 5. The topological polar surface area (TPSA) is 138 Å². The normalized spacial score (nSPS) is 19.1. The average Bonchev–Trinajstić information content (AvgIpc) is 3.34. The molecule has 0 spiro atoms. The highest BCUT2D eigenvalue weighted by molar-refractivity contribution is 6.32. The van der Waals surface area contributed by atoms with Gasteiger partial charge in [-0.15, -0.1) is 0 Å². The van der Waals surface area contributed by atoms with Crippen molar-refractivity contribution in [1.29, 1.82) is 0 Å². The summed E-state index contributed by atoms with van der Waals surface area (Å²) >= 11 is 12.2. The monoisotopic (exact) mass is 663 g/mol. The Hall–Kier alpha value is -3.46. The van der Waals surface area contributed by atoms with Gasteiger partial charge in [-0.25, -0.2) is 9.59 Å². The van der Waals surface area contributed by atoms with Crippen LogP contribution in [0.1, 0.15) is 23.2 Å². The molecule has 11 nitrogen and oxygen atoms in total. The van der Waals surface area contributed by atoms with Crippen molar-refractivity contribution in [3.05, 3.63) is 52.0 Å². The molecule has 3 N–H and O–H groups in total. The summed E-state index contributed by atoms with van der Waals surface area (Å²) in [6, 6.07) is 9.06. The molecule has 2 saturated heterocycles. The van der Waals surface area contributed by atoms with E-state index in [2.05, 4.69) is 10.1 Å². The zero-order valence-electron chi connectivity index (χ0n) is 23.2. The van der Waals surface area contributed by atoms with E-state index >= 15 is 0 Å². The zero-order valence-corrected chi connectivity index (χ0v) is 24.7. The van der Waals surface area contributed by atoms with Crippen LogP contribution in [0, 0.1) is 0 Å². The third-order valence-electron chi connectivity index (χ3n) is 7.12. The number of aliphatic hydroxyl groups excluding tert-OH is 1. The minimum Gasteiger partial charge on any atom is -0.488 e. The first-order chi connectivity index (χ1) is 20.8. The number of likely N-dealkylation sites (tertiary alicyclic amines) is 1. The summed E-state index contributed by atoms with van der Waals surface area (Å²) < 4.78 is 52.0. The summed E-state index contributed by atoms with van der Waals surface area (Å²) in [6.45, 7) is -0.341. The Morgan fingerprint density at radius 3 is 2.30 bits per heavy atom. The van der Waals surface area contributed by atoms with E-state index < -0.39 is 44.0 Å². The van der Waals surface area contributed by atoms with Crippen molar-refractivity contribution in [2.24, 2.45) is 0 Å². The number of rotatable bonds is 11. The van der Waals surface area contributed by atoms with Crippen LogP contribution in [0.4, 0.5) is 18.9 Å². The summed E-state index contributed by atoms with van der Waals surface area (Å²) in [5, 5.41) is 23.9. The number of nitrogens with one attached hydrogen (secondary N) is 1. The molecule has 0 saturated carbocycles. The molecule has 2 atom stereocenters. The number of β-amino-alcohol motifs (C(OH)–C–C–N with tert-alkyl or cyclic N) is 1. The lowest BCUT2D eigenvalue weighted by atomic mass is 10.0. The maximum absolute atomic E-state index is 12.8. The van der Waals surface area contributed by atoms with Gasteiger partial charge in [0.2, 0.25) is 0 Å². The molecular weight excluding hydrogens is 634 g/mol. The van der Waals surface area contributed by atoms with E-state index in [-0.39, 0.29) is 41.1 Å². The molecule has 2 aliphatic rings. The fourth-order valence-electron chi connectivity index (χ4n) is 4.98. The van der Waals surface area contributed by atoms with Crippen molar-refractivity contribution in [2.45, 2.75) is 37.2 Å². The van der Waals surface area contributed by atoms with Gasteiger partial charge in [0, 0.05) is 54.9 Å². The standard InChI is InChI=1S/C28H30Cl2F3N3O8/c29-17-3-1-16(2-4-17)26(40)35-7-5-18(6-8-35)34-20-13-36(14-22(20)37)21-12-23(19(30)11-24(21)44-15-25(38)39)42-9-10-43-27(41)28(31,32)33/h1-4,11-12,18,20,22,34,37H,5-10,13-15H2,(H,38,39)/t20-,22-/m0/s1. The Kier molecular flexibility index (Phi) is 11.1. The Morgan fingerprint density at radius 2 is 1.66 bits per heavy atom. The molecular formula is C28H30Cl2F3N3O8. The van der Waals surface area contributed by atoms with Gasteiger partial charge in [0.05, 0.1) is 22.9 Å². The molecule has 0 bridgehead atoms. The van der Waals surface area contributed by atoms with E-state index in [4.69, 9.17) is 37.8 Å². The van der Waals surface area contributed by atoms with Crippen molar-refractivity contribution in [3.63, 3.8) is 0 Å². The first-order valence-electron chi connectivity index (χ1n) is 13.6. The van der Waals surface area contributed by atoms with Crippen LogP contribution in [0.5, 0.6) is 11.5 Å². The predicted molar refractivity (Wildman–Crippen MR) is 153 cm³/mol. The van der Waals surface area contributed by atoms with Crippen LogP contribution in [-0.2, 0) is 14.3 Å². The van der Waals surface area contributed by atoms with Gasteiger partial charge < -0.3 is 39.5 Å². The van der Waals surface area contributed by atoms with Crippen molar-refractivity contribution in [1.82, 2.24) is 10.2 Å². The van der Waals surface area contributed by atoms with Crippen LogP contribution in [0.25, 0.3) is 0 Å². The fourth-order valence-corrected chi connectivity index (χ4v) is 5.31. The second-order valence-electron chi connectivity index (χ2n) is 10.2. The van der Waals surface area contributed by atoms with E-state index in [1.165, 1.54) is 12.1 Å². The lowest BCUT2D eigenvalue weighted by Crippen LogP contribution is -2.50. The third kappa shape index (κ3) is 8.80. The van der Waals surface area contributed by atoms with Gasteiger partial charge in [-0.05, 0) is 37.1 Å². The van der Waals surface area contributed by atoms with Crippen LogP contribution in [0.15, 0.2) is 36.4 Å². The lowest BCUT2D eigenvalue weighted by molar-refractivity contribution is -0.200. The number of ether oxygens (including phenoxy) is 3. The molecule has 0 unspecified atom stereocenters. The Morgan fingerprint density at radius 1 is 0.977 bits per heavy atom. The van der Waals surface area contributed by atoms with Crippen molar-refractivity contribution >= 4 is 46.7 Å². The number of nitrogens with zero attached hydrogens (tertiary/aromatic N) is 2. The number of aliphatic hydroxyl groups is 1. The molecule has 2 aromatic carbocycles.